The predicted octanol–water partition coefficient (Wildman–Crippen LogP) is 1.23. The summed E-state index contributed by atoms with van der Waals surface area (Å²) in [6.45, 7) is 6.28. The Morgan fingerprint density at radius 3 is 2.56 bits per heavy atom. The van der Waals surface area contributed by atoms with Gasteiger partial charge in [0.05, 0.1) is 0 Å². The number of aryl methyl sites for hydroxylation is 1. The first-order valence-electron chi connectivity index (χ1n) is 6.16. The van der Waals surface area contributed by atoms with Crippen molar-refractivity contribution >= 4 is 5.95 Å². The summed E-state index contributed by atoms with van der Waals surface area (Å²) in [5.41, 5.74) is 1.25. The molecule has 1 aliphatic rings. The maximum Gasteiger partial charge on any atom is 0.225 e. The molecule has 4 heteroatoms. The smallest absolute Gasteiger partial charge is 0.225 e. The average Bonchev–Trinajstić information content (AvgIpc) is 2.38. The first-order chi connectivity index (χ1) is 7.90. The molecule has 0 saturated carbocycles. The van der Waals surface area contributed by atoms with Crippen LogP contribution in [-0.2, 0) is 6.42 Å². The third-order valence-corrected chi connectivity index (χ3v) is 2.91. The Labute approximate surface area is 97.1 Å². The van der Waals surface area contributed by atoms with Crippen LogP contribution in [-0.4, -0.2) is 36.1 Å². The second kappa shape index (κ2) is 5.80. The monoisotopic (exact) mass is 220 g/mol. The highest BCUT2D eigenvalue weighted by atomic mass is 15.3. The summed E-state index contributed by atoms with van der Waals surface area (Å²) in [6.07, 6.45) is 7.48. The molecule has 1 saturated heterocycles. The van der Waals surface area contributed by atoms with Gasteiger partial charge in [0.2, 0.25) is 5.95 Å². The van der Waals surface area contributed by atoms with Crippen molar-refractivity contribution in [3.8, 4) is 0 Å². The van der Waals surface area contributed by atoms with Crippen LogP contribution >= 0.6 is 0 Å². The van der Waals surface area contributed by atoms with Crippen molar-refractivity contribution in [3.05, 3.63) is 18.0 Å². The van der Waals surface area contributed by atoms with Crippen molar-refractivity contribution in [3.63, 3.8) is 0 Å². The molecular weight excluding hydrogens is 200 g/mol. The third-order valence-electron chi connectivity index (χ3n) is 2.91. The van der Waals surface area contributed by atoms with E-state index in [2.05, 4.69) is 27.1 Å². The lowest BCUT2D eigenvalue weighted by atomic mass is 10.2. The molecule has 0 amide bonds. The van der Waals surface area contributed by atoms with E-state index in [-0.39, 0.29) is 0 Å². The fourth-order valence-corrected chi connectivity index (χ4v) is 1.89. The van der Waals surface area contributed by atoms with Gasteiger partial charge >= 0.3 is 0 Å². The van der Waals surface area contributed by atoms with Gasteiger partial charge in [0.25, 0.3) is 0 Å². The maximum atomic E-state index is 4.44. The maximum absolute atomic E-state index is 4.44. The van der Waals surface area contributed by atoms with Gasteiger partial charge in [-0.15, -0.1) is 0 Å². The second-order valence-electron chi connectivity index (χ2n) is 4.23. The van der Waals surface area contributed by atoms with Crippen LogP contribution in [0.1, 0.15) is 25.3 Å². The van der Waals surface area contributed by atoms with E-state index in [1.54, 1.807) is 0 Å². The van der Waals surface area contributed by atoms with E-state index >= 15 is 0 Å². The third kappa shape index (κ3) is 2.92. The van der Waals surface area contributed by atoms with Crippen LogP contribution < -0.4 is 10.2 Å². The van der Waals surface area contributed by atoms with Gasteiger partial charge in [0.1, 0.15) is 0 Å². The van der Waals surface area contributed by atoms with Crippen LogP contribution in [0.2, 0.25) is 0 Å². The molecule has 0 atom stereocenters. The van der Waals surface area contributed by atoms with Crippen molar-refractivity contribution in [2.24, 2.45) is 0 Å². The van der Waals surface area contributed by atoms with Crippen LogP contribution in [0.5, 0.6) is 0 Å². The minimum absolute atomic E-state index is 0.877. The van der Waals surface area contributed by atoms with Gasteiger partial charge < -0.3 is 10.2 Å². The van der Waals surface area contributed by atoms with Crippen LogP contribution in [0.25, 0.3) is 0 Å². The Bertz CT molecular complexity index is 303. The minimum Gasteiger partial charge on any atom is -0.338 e. The molecule has 0 spiro atoms. The lowest BCUT2D eigenvalue weighted by Crippen LogP contribution is -2.44. The van der Waals surface area contributed by atoms with E-state index in [0.717, 1.165) is 38.5 Å². The average molecular weight is 220 g/mol. The molecule has 1 aliphatic heterocycles. The van der Waals surface area contributed by atoms with E-state index in [1.807, 2.05) is 12.4 Å². The topological polar surface area (TPSA) is 41.1 Å². The quantitative estimate of drug-likeness (QED) is 0.828. The van der Waals surface area contributed by atoms with Crippen molar-refractivity contribution < 1.29 is 0 Å². The van der Waals surface area contributed by atoms with Crippen LogP contribution in [0, 0.1) is 0 Å². The van der Waals surface area contributed by atoms with Gasteiger partial charge in [0.15, 0.2) is 0 Å². The van der Waals surface area contributed by atoms with E-state index in [1.165, 1.54) is 18.4 Å². The number of aromatic nitrogens is 2. The largest absolute Gasteiger partial charge is 0.338 e. The molecule has 0 unspecified atom stereocenters. The number of hydrogen-bond donors (Lipinski definition) is 1. The zero-order valence-electron chi connectivity index (χ0n) is 9.95. The molecule has 1 fully saturated rings. The number of nitrogens with zero attached hydrogens (tertiary/aromatic N) is 3. The van der Waals surface area contributed by atoms with Crippen LogP contribution in [0.4, 0.5) is 5.95 Å². The van der Waals surface area contributed by atoms with Gasteiger partial charge in [0, 0.05) is 38.6 Å². The SMILES string of the molecule is CCCCc1cnc(N2CCNCC2)nc1. The van der Waals surface area contributed by atoms with E-state index in [9.17, 15) is 0 Å². The number of rotatable bonds is 4. The van der Waals surface area contributed by atoms with E-state index < -0.39 is 0 Å². The standard InChI is InChI=1S/C12H20N4/c1-2-3-4-11-9-14-12(15-10-11)16-7-5-13-6-8-16/h9-10,13H,2-8H2,1H3. The van der Waals surface area contributed by atoms with E-state index in [0.29, 0.717) is 0 Å². The number of anilines is 1. The summed E-state index contributed by atoms with van der Waals surface area (Å²) in [6, 6.07) is 0. The van der Waals surface area contributed by atoms with Gasteiger partial charge in [-0.25, -0.2) is 9.97 Å². The fraction of sp³-hybridized carbons (Fsp3) is 0.667. The molecular formula is C12H20N4. The molecule has 88 valence electrons. The summed E-state index contributed by atoms with van der Waals surface area (Å²) >= 11 is 0. The molecule has 16 heavy (non-hydrogen) atoms. The lowest BCUT2D eigenvalue weighted by Gasteiger charge is -2.27. The molecule has 0 aliphatic carbocycles. The summed E-state index contributed by atoms with van der Waals surface area (Å²) in [5.74, 6) is 0.877. The lowest BCUT2D eigenvalue weighted by molar-refractivity contribution is 0.579. The zero-order chi connectivity index (χ0) is 11.2. The molecule has 0 aromatic carbocycles. The van der Waals surface area contributed by atoms with Gasteiger partial charge in [-0.3, -0.25) is 0 Å². The Hall–Kier alpha value is -1.16. The molecule has 1 N–H and O–H groups in total. The zero-order valence-corrected chi connectivity index (χ0v) is 9.95. The molecule has 4 nitrogen and oxygen atoms in total. The minimum atomic E-state index is 0.877. The summed E-state index contributed by atoms with van der Waals surface area (Å²) in [5, 5.41) is 3.33. The predicted molar refractivity (Wildman–Crippen MR) is 65.7 cm³/mol. The summed E-state index contributed by atoms with van der Waals surface area (Å²) in [7, 11) is 0. The van der Waals surface area contributed by atoms with Crippen molar-refractivity contribution in [1.29, 1.82) is 0 Å². The van der Waals surface area contributed by atoms with Crippen molar-refractivity contribution in [2.45, 2.75) is 26.2 Å². The molecule has 0 radical (unpaired) electrons. The highest BCUT2D eigenvalue weighted by Crippen LogP contribution is 2.09. The van der Waals surface area contributed by atoms with Gasteiger partial charge in [-0.05, 0) is 18.4 Å². The first-order valence-corrected chi connectivity index (χ1v) is 6.16. The van der Waals surface area contributed by atoms with Crippen LogP contribution in [0.3, 0.4) is 0 Å². The Kier molecular flexibility index (Phi) is 4.10. The molecule has 2 rings (SSSR count). The first kappa shape index (κ1) is 11.3. The highest BCUT2D eigenvalue weighted by Gasteiger charge is 2.12. The number of piperazine rings is 1. The van der Waals surface area contributed by atoms with Gasteiger partial charge in [-0.1, -0.05) is 13.3 Å². The molecule has 1 aromatic rings. The molecule has 2 heterocycles. The highest BCUT2D eigenvalue weighted by molar-refractivity contribution is 5.30. The Balaban J connectivity index is 1.95. The van der Waals surface area contributed by atoms with Crippen LogP contribution in [0.15, 0.2) is 12.4 Å². The van der Waals surface area contributed by atoms with Crippen molar-refractivity contribution in [1.82, 2.24) is 15.3 Å². The Morgan fingerprint density at radius 1 is 1.25 bits per heavy atom. The number of unbranched alkanes of at least 4 members (excludes halogenated alkanes) is 1. The summed E-state index contributed by atoms with van der Waals surface area (Å²) in [4.78, 5) is 11.1. The Morgan fingerprint density at radius 2 is 1.94 bits per heavy atom. The second-order valence-corrected chi connectivity index (χ2v) is 4.23. The number of hydrogen-bond acceptors (Lipinski definition) is 4. The fourth-order valence-electron chi connectivity index (χ4n) is 1.89. The summed E-state index contributed by atoms with van der Waals surface area (Å²) < 4.78 is 0. The van der Waals surface area contributed by atoms with Gasteiger partial charge in [-0.2, -0.15) is 0 Å². The van der Waals surface area contributed by atoms with E-state index in [4.69, 9.17) is 0 Å². The van der Waals surface area contributed by atoms with Crippen molar-refractivity contribution in [2.75, 3.05) is 31.1 Å². The number of nitrogens with one attached hydrogen (secondary N) is 1. The molecule has 0 bridgehead atoms. The normalized spacial score (nSPS) is 16.4. The molecule has 1 aromatic heterocycles.